The fourth-order valence-electron chi connectivity index (χ4n) is 1.80. The van der Waals surface area contributed by atoms with Crippen LogP contribution in [0.25, 0.3) is 0 Å². The largest absolute Gasteiger partial charge is 0.494 e. The molecule has 0 aliphatic heterocycles. The summed E-state index contributed by atoms with van der Waals surface area (Å²) < 4.78 is 45.0. The van der Waals surface area contributed by atoms with E-state index in [1.54, 1.807) is 12.1 Å². The summed E-state index contributed by atoms with van der Waals surface area (Å²) in [5, 5.41) is 0. The highest BCUT2D eigenvalue weighted by Crippen LogP contribution is 2.20. The Balaban J connectivity index is 2.34. The minimum Gasteiger partial charge on any atom is -0.494 e. The van der Waals surface area contributed by atoms with E-state index >= 15 is 0 Å². The van der Waals surface area contributed by atoms with Crippen molar-refractivity contribution >= 4 is 5.78 Å². The quantitative estimate of drug-likeness (QED) is 0.612. The van der Waals surface area contributed by atoms with Crippen molar-refractivity contribution in [2.75, 3.05) is 6.61 Å². The maximum atomic E-state index is 13.6. The molecule has 0 fully saturated rings. The Kier molecular flexibility index (Phi) is 4.62. The number of hydrogen-bond donors (Lipinski definition) is 0. The molecule has 0 unspecified atom stereocenters. The van der Waals surface area contributed by atoms with Crippen LogP contribution in [-0.4, -0.2) is 12.4 Å². The molecule has 0 aliphatic carbocycles. The summed E-state index contributed by atoms with van der Waals surface area (Å²) in [7, 11) is 0. The molecule has 0 bridgehead atoms. The molecule has 0 N–H and O–H groups in total. The van der Waals surface area contributed by atoms with Gasteiger partial charge in [-0.2, -0.15) is 0 Å². The average molecular weight is 294 g/mol. The maximum Gasteiger partial charge on any atom is 0.196 e. The minimum absolute atomic E-state index is 0.147. The second kappa shape index (κ2) is 6.43. The van der Waals surface area contributed by atoms with E-state index < -0.39 is 28.8 Å². The molecule has 110 valence electrons. The first kappa shape index (κ1) is 15.1. The van der Waals surface area contributed by atoms with E-state index in [2.05, 4.69) is 0 Å². The number of halogens is 3. The van der Waals surface area contributed by atoms with Crippen molar-refractivity contribution in [2.24, 2.45) is 0 Å². The van der Waals surface area contributed by atoms with Gasteiger partial charge in [0, 0.05) is 11.6 Å². The highest BCUT2D eigenvalue weighted by Gasteiger charge is 2.18. The fraction of sp³-hybridized carbons (Fsp3) is 0.188. The summed E-state index contributed by atoms with van der Waals surface area (Å²) in [6.45, 7) is 2.42. The highest BCUT2D eigenvalue weighted by atomic mass is 19.2. The molecule has 21 heavy (non-hydrogen) atoms. The smallest absolute Gasteiger partial charge is 0.196 e. The SMILES string of the molecule is CCCOc1cccc(C(=O)c2cc(F)c(F)cc2F)c1. The predicted octanol–water partition coefficient (Wildman–Crippen LogP) is 4.12. The first-order valence-corrected chi connectivity index (χ1v) is 6.45. The van der Waals surface area contributed by atoms with Gasteiger partial charge in [0.1, 0.15) is 11.6 Å². The van der Waals surface area contributed by atoms with Crippen LogP contribution in [0.15, 0.2) is 36.4 Å². The zero-order chi connectivity index (χ0) is 15.4. The van der Waals surface area contributed by atoms with Gasteiger partial charge in [-0.15, -0.1) is 0 Å². The van der Waals surface area contributed by atoms with Gasteiger partial charge in [-0.05, 0) is 24.6 Å². The number of ketones is 1. The van der Waals surface area contributed by atoms with Crippen molar-refractivity contribution in [3.8, 4) is 5.75 Å². The molecule has 2 nitrogen and oxygen atoms in total. The van der Waals surface area contributed by atoms with Gasteiger partial charge in [0.2, 0.25) is 0 Å². The summed E-state index contributed by atoms with van der Waals surface area (Å²) in [5.41, 5.74) is -0.366. The second-order valence-electron chi connectivity index (χ2n) is 4.45. The molecular formula is C16H13F3O2. The monoisotopic (exact) mass is 294 g/mol. The Morgan fingerprint density at radius 3 is 2.48 bits per heavy atom. The molecular weight excluding hydrogens is 281 g/mol. The summed E-state index contributed by atoms with van der Waals surface area (Å²) >= 11 is 0. The second-order valence-corrected chi connectivity index (χ2v) is 4.45. The molecule has 0 amide bonds. The van der Waals surface area contributed by atoms with Crippen molar-refractivity contribution in [3.05, 3.63) is 65.0 Å². The Hall–Kier alpha value is -2.30. The number of benzene rings is 2. The molecule has 0 spiro atoms. The Morgan fingerprint density at radius 1 is 1.05 bits per heavy atom. The lowest BCUT2D eigenvalue weighted by molar-refractivity contribution is 0.103. The lowest BCUT2D eigenvalue weighted by Gasteiger charge is -2.07. The van der Waals surface area contributed by atoms with Crippen molar-refractivity contribution in [2.45, 2.75) is 13.3 Å². The highest BCUT2D eigenvalue weighted by molar-refractivity contribution is 6.09. The molecule has 2 aromatic rings. The van der Waals surface area contributed by atoms with Crippen LogP contribution in [0, 0.1) is 17.5 Å². The summed E-state index contributed by atoms with van der Waals surface area (Å²) in [6, 6.07) is 7.07. The van der Waals surface area contributed by atoms with Gasteiger partial charge in [0.05, 0.1) is 12.2 Å². The topological polar surface area (TPSA) is 26.3 Å². The molecule has 2 rings (SSSR count). The summed E-state index contributed by atoms with van der Waals surface area (Å²) in [4.78, 5) is 12.2. The van der Waals surface area contributed by atoms with Gasteiger partial charge in [-0.3, -0.25) is 4.79 Å². The number of carbonyl (C=O) groups excluding carboxylic acids is 1. The molecule has 0 heterocycles. The zero-order valence-corrected chi connectivity index (χ0v) is 11.3. The standard InChI is InChI=1S/C16H13F3O2/c1-2-6-21-11-5-3-4-10(7-11)16(20)12-8-14(18)15(19)9-13(12)17/h3-5,7-9H,2,6H2,1H3. The van der Waals surface area contributed by atoms with Gasteiger partial charge in [-0.25, -0.2) is 13.2 Å². The van der Waals surface area contributed by atoms with Crippen LogP contribution in [0.2, 0.25) is 0 Å². The molecule has 0 saturated carbocycles. The number of ether oxygens (including phenoxy) is 1. The predicted molar refractivity (Wildman–Crippen MR) is 72.0 cm³/mol. The van der Waals surface area contributed by atoms with Gasteiger partial charge in [0.15, 0.2) is 17.4 Å². The van der Waals surface area contributed by atoms with Gasteiger partial charge in [-0.1, -0.05) is 19.1 Å². The van der Waals surface area contributed by atoms with Crippen molar-refractivity contribution in [1.82, 2.24) is 0 Å². The molecule has 0 atom stereocenters. The molecule has 0 saturated heterocycles. The fourth-order valence-corrected chi connectivity index (χ4v) is 1.80. The van der Waals surface area contributed by atoms with Gasteiger partial charge >= 0.3 is 0 Å². The Bertz CT molecular complexity index is 669. The number of rotatable bonds is 5. The van der Waals surface area contributed by atoms with Crippen LogP contribution in [0.1, 0.15) is 29.3 Å². The van der Waals surface area contributed by atoms with E-state index in [1.807, 2.05) is 6.92 Å². The van der Waals surface area contributed by atoms with Crippen LogP contribution >= 0.6 is 0 Å². The minimum atomic E-state index is -1.33. The third-order valence-corrected chi connectivity index (χ3v) is 2.82. The lowest BCUT2D eigenvalue weighted by Crippen LogP contribution is -2.07. The first-order chi connectivity index (χ1) is 10.0. The molecule has 2 aromatic carbocycles. The molecule has 0 radical (unpaired) electrons. The van der Waals surface area contributed by atoms with Crippen LogP contribution < -0.4 is 4.74 Å². The first-order valence-electron chi connectivity index (χ1n) is 6.45. The third-order valence-electron chi connectivity index (χ3n) is 2.82. The van der Waals surface area contributed by atoms with E-state index in [-0.39, 0.29) is 5.56 Å². The van der Waals surface area contributed by atoms with E-state index in [0.717, 1.165) is 6.42 Å². The molecule has 5 heteroatoms. The Morgan fingerprint density at radius 2 is 1.76 bits per heavy atom. The van der Waals surface area contributed by atoms with Crippen molar-refractivity contribution in [3.63, 3.8) is 0 Å². The van der Waals surface area contributed by atoms with Gasteiger partial charge in [0.25, 0.3) is 0 Å². The lowest BCUT2D eigenvalue weighted by atomic mass is 10.0. The molecule has 0 aromatic heterocycles. The zero-order valence-electron chi connectivity index (χ0n) is 11.3. The normalized spacial score (nSPS) is 10.5. The summed E-state index contributed by atoms with van der Waals surface area (Å²) in [6.07, 6.45) is 0.802. The average Bonchev–Trinajstić information content (AvgIpc) is 2.48. The van der Waals surface area contributed by atoms with E-state index in [4.69, 9.17) is 4.74 Å². The van der Waals surface area contributed by atoms with E-state index in [0.29, 0.717) is 24.5 Å². The number of carbonyl (C=O) groups is 1. The van der Waals surface area contributed by atoms with Crippen molar-refractivity contribution < 1.29 is 22.7 Å². The molecule has 0 aliphatic rings. The number of hydrogen-bond acceptors (Lipinski definition) is 2. The van der Waals surface area contributed by atoms with Crippen LogP contribution in [0.4, 0.5) is 13.2 Å². The van der Waals surface area contributed by atoms with Gasteiger partial charge < -0.3 is 4.74 Å². The van der Waals surface area contributed by atoms with E-state index in [1.165, 1.54) is 12.1 Å². The summed E-state index contributed by atoms with van der Waals surface area (Å²) in [5.74, 6) is -3.96. The van der Waals surface area contributed by atoms with Crippen LogP contribution in [-0.2, 0) is 0 Å². The van der Waals surface area contributed by atoms with E-state index in [9.17, 15) is 18.0 Å². The van der Waals surface area contributed by atoms with Crippen molar-refractivity contribution in [1.29, 1.82) is 0 Å². The Labute approximate surface area is 120 Å². The third kappa shape index (κ3) is 3.42. The van der Waals surface area contributed by atoms with Crippen LogP contribution in [0.5, 0.6) is 5.75 Å². The maximum absolute atomic E-state index is 13.6. The van der Waals surface area contributed by atoms with Crippen LogP contribution in [0.3, 0.4) is 0 Å².